The van der Waals surface area contributed by atoms with Gasteiger partial charge in [-0.25, -0.2) is 57.7 Å². The molecule has 4 aliphatic heterocycles. The molecule has 13 N–H and O–H groups in total. The molecule has 40 nitrogen and oxygen atoms in total. The van der Waals surface area contributed by atoms with Crippen LogP contribution in [0, 0.1) is 0 Å². The van der Waals surface area contributed by atoms with E-state index in [1.807, 2.05) is 0 Å². The molecule has 0 saturated carbocycles. The van der Waals surface area contributed by atoms with E-state index in [-0.39, 0.29) is 116 Å². The number of rotatable bonds is 17. The van der Waals surface area contributed by atoms with Crippen molar-refractivity contribution in [3.8, 4) is 38.4 Å². The molecule has 1 fully saturated rings. The number of primary amides is 1. The molecule has 1 aromatic carbocycles. The number of nitrogens with one attached hydrogen (secondary N) is 5. The highest BCUT2D eigenvalue weighted by atomic mass is 32.1. The summed E-state index contributed by atoms with van der Waals surface area (Å²) in [5.74, 6) is -8.96. The van der Waals surface area contributed by atoms with Crippen LogP contribution >= 0.6 is 72.3 Å². The Hall–Kier alpha value is -9.32. The molecular weight excluding hydrogens is 1590 g/mol. The third-order valence-corrected chi connectivity index (χ3v) is 22.5. The number of allylic oxidation sites excluding steroid dienone is 1. The van der Waals surface area contributed by atoms with Crippen molar-refractivity contribution in [3.63, 3.8) is 0 Å². The van der Waals surface area contributed by atoms with Crippen LogP contribution in [0.3, 0.4) is 0 Å². The van der Waals surface area contributed by atoms with Crippen LogP contribution in [0.1, 0.15) is 125 Å². The van der Waals surface area contributed by atoms with Gasteiger partial charge in [-0.3, -0.25) is 28.8 Å². The van der Waals surface area contributed by atoms with E-state index in [1.165, 1.54) is 72.1 Å². The minimum absolute atomic E-state index is 0.00657. The van der Waals surface area contributed by atoms with E-state index in [0.29, 0.717) is 0 Å². The number of phosphoric ester groups is 2. The molecule has 4 aliphatic rings. The van der Waals surface area contributed by atoms with Crippen molar-refractivity contribution in [2.45, 2.75) is 108 Å². The second kappa shape index (κ2) is 32.6. The van der Waals surface area contributed by atoms with Crippen molar-refractivity contribution >= 4 is 136 Å². The van der Waals surface area contributed by atoms with Gasteiger partial charge in [-0.05, 0) is 59.5 Å². The second-order valence-corrected chi connectivity index (χ2v) is 31.9. The summed E-state index contributed by atoms with van der Waals surface area (Å²) in [5, 5.41) is 42.4. The van der Waals surface area contributed by atoms with Gasteiger partial charge in [0, 0.05) is 49.8 Å². The second-order valence-electron chi connectivity index (χ2n) is 25.0. The van der Waals surface area contributed by atoms with Crippen molar-refractivity contribution < 1.29 is 124 Å². The molecule has 7 aromatic heterocycles. The minimum Gasteiger partial charge on any atom is -0.499 e. The Kier molecular flexibility index (Phi) is 23.7. The lowest BCUT2D eigenvalue weighted by molar-refractivity contribution is -0.280. The predicted molar refractivity (Wildman–Crippen MR) is 384 cm³/mol. The molecule has 8 aromatic rings. The largest absolute Gasteiger partial charge is 0.499 e. The van der Waals surface area contributed by atoms with Crippen molar-refractivity contribution in [3.05, 3.63) is 124 Å². The maximum atomic E-state index is 15.6. The van der Waals surface area contributed by atoms with Crippen LogP contribution in [0.4, 0.5) is 0 Å². The van der Waals surface area contributed by atoms with Gasteiger partial charge in [-0.1, -0.05) is 18.7 Å². The lowest BCUT2D eigenvalue weighted by Crippen LogP contribution is -2.62. The summed E-state index contributed by atoms with van der Waals surface area (Å²) in [5.41, 5.74) is 0.513. The number of aliphatic hydroxyl groups is 2. The van der Waals surface area contributed by atoms with Crippen molar-refractivity contribution in [1.29, 1.82) is 0 Å². The number of benzene rings is 1. The van der Waals surface area contributed by atoms with E-state index < -0.39 is 168 Å². The highest BCUT2D eigenvalue weighted by Crippen LogP contribution is 2.45. The number of likely N-dealkylation sites (N-methyl/N-ethyl adjacent to an activating group) is 1. The number of carbonyl (C=O) groups is 8. The maximum absolute atomic E-state index is 15.6. The first-order chi connectivity index (χ1) is 52.0. The number of thiazole rings is 5. The number of pyridine rings is 1. The molecule has 47 heteroatoms. The smallest absolute Gasteiger partial charge is 0.472 e. The van der Waals surface area contributed by atoms with Gasteiger partial charge in [0.05, 0.1) is 48.8 Å². The number of hydrogen-bond donors (Lipinski definition) is 12. The average Bonchev–Trinajstić information content (AvgIpc) is 1.60. The number of aromatic nitrogens is 7. The van der Waals surface area contributed by atoms with E-state index in [0.717, 1.165) is 61.4 Å². The number of nitrogens with two attached hydrogens (primary N) is 1. The molecule has 0 unspecified atom stereocenters. The number of amides is 6. The highest BCUT2D eigenvalue weighted by Gasteiger charge is 2.50. The number of methoxy groups -OCH3 is 1. The molecule has 10 atom stereocenters. The van der Waals surface area contributed by atoms with E-state index in [4.69, 9.17) is 63.2 Å². The first-order valence-corrected chi connectivity index (χ1v) is 39.8. The van der Waals surface area contributed by atoms with Gasteiger partial charge in [0.25, 0.3) is 29.5 Å². The van der Waals surface area contributed by atoms with Gasteiger partial charge in [0.2, 0.25) is 12.7 Å². The SMILES string of the molecule is C=C(NC(=O)c1csc(-c2nc3c(cc2OCOP(=O)(O)O)-c2nc(cs2)C(=O)N[C@@H]([C@@H](C)O)C(=O)N/C(=C(\C)OC)c2nc(cs2)C(=O)N[C@@H]2c4nc(cs4)C(=O)N[C@@H](COC(=O)c4c5c6c(cccc6n4OCOP(=O)(O)O)COC(=O)[C@@H](O[C@H]4C[C@](C)(O)[C@H](N(C)C)[C@H](C)O4)[C@@H]2OC5)c2nc-3cs2)n1)C(N)=O. The van der Waals surface area contributed by atoms with Gasteiger partial charge in [0.15, 0.2) is 30.6 Å². The number of hydrogen-bond acceptors (Lipinski definition) is 34. The zero-order valence-electron chi connectivity index (χ0n) is 58.3. The van der Waals surface area contributed by atoms with Crippen LogP contribution in [-0.2, 0) is 74.2 Å². The molecule has 0 aliphatic carbocycles. The van der Waals surface area contributed by atoms with Gasteiger partial charge < -0.3 is 105 Å². The molecular formula is C63H66N14O26P2S5. The topological polar surface area (TPSA) is 556 Å². The number of cyclic esters (lactones) is 2. The fourth-order valence-electron chi connectivity index (χ4n) is 12.3. The third-order valence-electron chi connectivity index (χ3n) is 17.1. The van der Waals surface area contributed by atoms with Gasteiger partial charge in [-0.15, -0.1) is 56.7 Å². The zero-order chi connectivity index (χ0) is 79.2. The summed E-state index contributed by atoms with van der Waals surface area (Å²) in [6.07, 6.45) is -8.13. The number of phosphoric acid groups is 2. The van der Waals surface area contributed by atoms with Crippen molar-refractivity contribution in [2.75, 3.05) is 41.4 Å². The van der Waals surface area contributed by atoms with E-state index in [1.54, 1.807) is 32.8 Å². The van der Waals surface area contributed by atoms with Crippen LogP contribution < -0.4 is 41.9 Å². The molecule has 1 saturated heterocycles. The summed E-state index contributed by atoms with van der Waals surface area (Å²) >= 11 is 4.00. The molecule has 110 heavy (non-hydrogen) atoms. The molecule has 11 heterocycles. The first-order valence-electron chi connectivity index (χ1n) is 32.3. The number of carbonyl (C=O) groups excluding carboxylic acids is 8. The summed E-state index contributed by atoms with van der Waals surface area (Å²) in [6, 6.07) is -0.0631. The summed E-state index contributed by atoms with van der Waals surface area (Å²) in [4.78, 5) is 191. The van der Waals surface area contributed by atoms with Gasteiger partial charge in [0.1, 0.15) is 114 Å². The number of aliphatic hydroxyl groups excluding tert-OH is 1. The number of esters is 2. The standard InChI is InChI=1S/C63H66N14O26P2S5/c1-24(50(64)79)65-51(80)33-19-109-59(70-33)44-38(98-22-100-104(88,89)90)12-29-43(72-44)32-17-107-57(67-32)31-16-97-61(85)46-30-15-95-47(48(103-39-13-63(5,87)49(76(6)7)27(4)102-39)62(86)96-14-28-10-9-11-37(40(28)30)77(46)99-23-101-105(91,92)93)45(60-71-34(20-110-60)52(81)66-31)75-54(83)36-21-108-58(69-36)42(26(3)94-8)74-55(84)41(25(2)78)73-53(82)35-18-106-56(29)68-35/h9-12,17-21,25,27,31,39,41,45,47-49,78,87H,1,13-16,22-23H2,2-8H3,(H2,64,79)(H,65,80)(H,66,81)(H,73,82)(H,74,84)(H,75,83)(H2,88,89,90)(H2,91,92,93)/b42-26+/t25-,27+,31+,39+,41+,45+,47-,48+,49-,63+/m1/s1. The third kappa shape index (κ3) is 17.5. The lowest BCUT2D eigenvalue weighted by atomic mass is 9.85. The van der Waals surface area contributed by atoms with E-state index in [9.17, 15) is 58.1 Å². The molecule has 0 radical (unpaired) electrons. The molecule has 0 spiro atoms. The first kappa shape index (κ1) is 80.2. The Bertz CT molecular complexity index is 5120. The van der Waals surface area contributed by atoms with Gasteiger partial charge >= 0.3 is 27.6 Å². The quantitative estimate of drug-likeness (QED) is 0.0205. The highest BCUT2D eigenvalue weighted by molar-refractivity contribution is 7.46. The fraction of sp³-hybridized carbons (Fsp3) is 0.365. The monoisotopic (exact) mass is 1660 g/mol. The molecule has 584 valence electrons. The zero-order valence-corrected chi connectivity index (χ0v) is 64.2. The normalized spacial score (nSPS) is 23.0. The predicted octanol–water partition coefficient (Wildman–Crippen LogP) is 2.89. The Labute approximate surface area is 640 Å². The Morgan fingerprint density at radius 1 is 0.827 bits per heavy atom. The molecule has 12 rings (SSSR count). The number of ether oxygens (including phenoxy) is 7. The lowest BCUT2D eigenvalue weighted by Gasteiger charge is -2.48. The maximum Gasteiger partial charge on any atom is 0.472 e. The minimum atomic E-state index is -5.32. The Morgan fingerprint density at radius 2 is 1.47 bits per heavy atom. The number of fused-ring (bicyclic) bond motifs is 15. The Morgan fingerprint density at radius 3 is 2.16 bits per heavy atom. The molecule has 12 bridgehead atoms. The summed E-state index contributed by atoms with van der Waals surface area (Å²) in [7, 11) is -5.86. The summed E-state index contributed by atoms with van der Waals surface area (Å²) in [6.45, 7) is 4.67. The fourth-order valence-corrected chi connectivity index (χ4v) is 16.8. The van der Waals surface area contributed by atoms with Gasteiger partial charge in [-0.2, -0.15) is 4.73 Å². The van der Waals surface area contributed by atoms with E-state index >= 15 is 19.2 Å². The van der Waals surface area contributed by atoms with Crippen LogP contribution in [0.5, 0.6) is 5.75 Å². The number of nitrogens with zero attached hydrogens (tertiary/aromatic N) is 8. The van der Waals surface area contributed by atoms with Crippen LogP contribution in [-0.4, -0.2) is 206 Å². The van der Waals surface area contributed by atoms with E-state index in [2.05, 4.69) is 52.6 Å². The average molecular weight is 1660 g/mol. The van der Waals surface area contributed by atoms with Crippen molar-refractivity contribution in [2.24, 2.45) is 5.73 Å². The molecule has 6 amide bonds. The van der Waals surface area contributed by atoms with Crippen LogP contribution in [0.2, 0.25) is 0 Å². The van der Waals surface area contributed by atoms with Crippen LogP contribution in [0.25, 0.3) is 49.3 Å². The van der Waals surface area contributed by atoms with Crippen molar-refractivity contribution in [1.82, 2.24) is 66.1 Å². The van der Waals surface area contributed by atoms with Crippen LogP contribution in [0.15, 0.2) is 69.2 Å². The Balaban J connectivity index is 1.08. The summed E-state index contributed by atoms with van der Waals surface area (Å²) < 4.78 is 78.2.